The van der Waals surface area contributed by atoms with Gasteiger partial charge in [-0.3, -0.25) is 4.79 Å². The first-order valence-electron chi connectivity index (χ1n) is 5.08. The molecule has 1 fully saturated rings. The van der Waals surface area contributed by atoms with Gasteiger partial charge in [0.2, 0.25) is 0 Å². The highest BCUT2D eigenvalue weighted by atomic mass is 16.1. The van der Waals surface area contributed by atoms with Gasteiger partial charge in [0.15, 0.2) is 0 Å². The third-order valence-corrected chi connectivity index (χ3v) is 2.57. The van der Waals surface area contributed by atoms with E-state index in [1.807, 2.05) is 0 Å². The minimum Gasteiger partial charge on any atom is -0.367 e. The number of hydrogen-bond acceptors (Lipinski definition) is 3. The fraction of sp³-hybridized carbons (Fsp3) is 0.600. The van der Waals surface area contributed by atoms with E-state index in [-0.39, 0.29) is 5.56 Å². The van der Waals surface area contributed by atoms with Gasteiger partial charge >= 0.3 is 0 Å². The first kappa shape index (κ1) is 9.24. The Hall–Kier alpha value is -1.32. The van der Waals surface area contributed by atoms with Crippen LogP contribution in [-0.2, 0) is 0 Å². The number of anilines is 1. The Morgan fingerprint density at radius 3 is 2.86 bits per heavy atom. The van der Waals surface area contributed by atoms with Crippen LogP contribution in [0, 0.1) is 6.92 Å². The number of aromatic amines is 1. The molecule has 0 saturated heterocycles. The summed E-state index contributed by atoms with van der Waals surface area (Å²) in [7, 11) is 0. The van der Waals surface area contributed by atoms with Gasteiger partial charge in [-0.1, -0.05) is 12.8 Å². The Labute approximate surface area is 82.8 Å². The van der Waals surface area contributed by atoms with Gasteiger partial charge in [0.1, 0.15) is 11.6 Å². The van der Waals surface area contributed by atoms with Crippen LogP contribution in [-0.4, -0.2) is 16.0 Å². The van der Waals surface area contributed by atoms with Crippen LogP contribution < -0.4 is 10.9 Å². The van der Waals surface area contributed by atoms with Crippen molar-refractivity contribution in [3.05, 3.63) is 22.2 Å². The van der Waals surface area contributed by atoms with Gasteiger partial charge in [0, 0.05) is 12.1 Å². The molecule has 0 bridgehead atoms. The van der Waals surface area contributed by atoms with Gasteiger partial charge in [-0.2, -0.15) is 0 Å². The van der Waals surface area contributed by atoms with Gasteiger partial charge in [0.25, 0.3) is 5.56 Å². The minimum absolute atomic E-state index is 0.0852. The highest BCUT2D eigenvalue weighted by Gasteiger charge is 2.14. The molecular formula is C10H15N3O. The van der Waals surface area contributed by atoms with E-state index in [1.54, 1.807) is 6.92 Å². The first-order valence-corrected chi connectivity index (χ1v) is 5.08. The Morgan fingerprint density at radius 1 is 1.50 bits per heavy atom. The summed E-state index contributed by atoms with van der Waals surface area (Å²) in [5, 5.41) is 3.29. The maximum atomic E-state index is 11.1. The lowest BCUT2D eigenvalue weighted by atomic mass is 10.2. The Balaban J connectivity index is 2.11. The predicted octanol–water partition coefficient (Wildman–Crippen LogP) is 1.43. The Morgan fingerprint density at radius 2 is 2.21 bits per heavy atom. The van der Waals surface area contributed by atoms with Crippen LogP contribution >= 0.6 is 0 Å². The standard InChI is InChI=1S/C10H15N3O/c1-7-11-9(6-10(14)12-7)13-8-4-2-3-5-8/h6,8H,2-5H2,1H3,(H2,11,12,13,14). The fourth-order valence-corrected chi connectivity index (χ4v) is 1.93. The summed E-state index contributed by atoms with van der Waals surface area (Å²) in [5.74, 6) is 1.37. The molecule has 0 atom stereocenters. The van der Waals surface area contributed by atoms with Gasteiger partial charge in [-0.25, -0.2) is 4.98 Å². The molecule has 1 aromatic rings. The van der Waals surface area contributed by atoms with Crippen molar-refractivity contribution in [3.8, 4) is 0 Å². The van der Waals surface area contributed by atoms with Crippen molar-refractivity contribution in [2.75, 3.05) is 5.32 Å². The van der Waals surface area contributed by atoms with Gasteiger partial charge < -0.3 is 10.3 Å². The molecule has 0 aromatic carbocycles. The quantitative estimate of drug-likeness (QED) is 0.747. The molecule has 1 heterocycles. The van der Waals surface area contributed by atoms with E-state index < -0.39 is 0 Å². The molecule has 2 N–H and O–H groups in total. The first-order chi connectivity index (χ1) is 6.74. The molecule has 4 nitrogen and oxygen atoms in total. The molecule has 0 aliphatic heterocycles. The molecule has 1 aromatic heterocycles. The van der Waals surface area contributed by atoms with Crippen LogP contribution in [0.5, 0.6) is 0 Å². The van der Waals surface area contributed by atoms with E-state index in [0.29, 0.717) is 17.7 Å². The lowest BCUT2D eigenvalue weighted by molar-refractivity contribution is 0.748. The zero-order chi connectivity index (χ0) is 9.97. The molecule has 2 rings (SSSR count). The summed E-state index contributed by atoms with van der Waals surface area (Å²) in [4.78, 5) is 18.0. The molecule has 1 saturated carbocycles. The topological polar surface area (TPSA) is 57.8 Å². The molecular weight excluding hydrogens is 178 g/mol. The summed E-state index contributed by atoms with van der Waals surface area (Å²) >= 11 is 0. The minimum atomic E-state index is -0.0852. The maximum Gasteiger partial charge on any atom is 0.252 e. The van der Waals surface area contributed by atoms with Gasteiger partial charge in [-0.05, 0) is 19.8 Å². The van der Waals surface area contributed by atoms with Crippen molar-refractivity contribution in [1.29, 1.82) is 0 Å². The highest BCUT2D eigenvalue weighted by molar-refractivity contribution is 5.34. The third kappa shape index (κ3) is 2.13. The number of H-pyrrole nitrogens is 1. The summed E-state index contributed by atoms with van der Waals surface area (Å²) in [6, 6.07) is 2.02. The van der Waals surface area contributed by atoms with Crippen LogP contribution in [0.4, 0.5) is 5.82 Å². The second-order valence-electron chi connectivity index (χ2n) is 3.84. The van der Waals surface area contributed by atoms with Gasteiger partial charge in [-0.15, -0.1) is 0 Å². The van der Waals surface area contributed by atoms with Crippen LogP contribution in [0.1, 0.15) is 31.5 Å². The number of nitrogens with one attached hydrogen (secondary N) is 2. The molecule has 0 spiro atoms. The van der Waals surface area contributed by atoms with Gasteiger partial charge in [0.05, 0.1) is 0 Å². The zero-order valence-corrected chi connectivity index (χ0v) is 8.34. The molecule has 0 amide bonds. The lowest BCUT2D eigenvalue weighted by Gasteiger charge is -2.12. The van der Waals surface area contributed by atoms with Crippen LogP contribution in [0.25, 0.3) is 0 Å². The fourth-order valence-electron chi connectivity index (χ4n) is 1.93. The molecule has 76 valence electrons. The predicted molar refractivity (Wildman–Crippen MR) is 55.5 cm³/mol. The number of rotatable bonds is 2. The van der Waals surface area contributed by atoms with E-state index in [4.69, 9.17) is 0 Å². The second kappa shape index (κ2) is 3.82. The van der Waals surface area contributed by atoms with E-state index in [2.05, 4.69) is 15.3 Å². The van der Waals surface area contributed by atoms with Crippen molar-refractivity contribution in [3.63, 3.8) is 0 Å². The molecule has 4 heteroatoms. The monoisotopic (exact) mass is 193 g/mol. The number of aryl methyl sites for hydroxylation is 1. The molecule has 0 unspecified atom stereocenters. The largest absolute Gasteiger partial charge is 0.367 e. The van der Waals surface area contributed by atoms with E-state index in [0.717, 1.165) is 0 Å². The van der Waals surface area contributed by atoms with Crippen molar-refractivity contribution in [1.82, 2.24) is 9.97 Å². The highest BCUT2D eigenvalue weighted by Crippen LogP contribution is 2.20. The lowest BCUT2D eigenvalue weighted by Crippen LogP contribution is -2.18. The molecule has 14 heavy (non-hydrogen) atoms. The Bertz CT molecular complexity index is 366. The number of nitrogens with zero attached hydrogens (tertiary/aromatic N) is 1. The smallest absolute Gasteiger partial charge is 0.252 e. The van der Waals surface area contributed by atoms with Crippen molar-refractivity contribution in [2.24, 2.45) is 0 Å². The second-order valence-corrected chi connectivity index (χ2v) is 3.84. The number of hydrogen-bond donors (Lipinski definition) is 2. The van der Waals surface area contributed by atoms with Crippen LogP contribution in [0.15, 0.2) is 10.9 Å². The third-order valence-electron chi connectivity index (χ3n) is 2.57. The molecule has 1 aliphatic carbocycles. The average molecular weight is 193 g/mol. The zero-order valence-electron chi connectivity index (χ0n) is 8.34. The normalized spacial score (nSPS) is 17.2. The van der Waals surface area contributed by atoms with E-state index in [9.17, 15) is 4.79 Å². The van der Waals surface area contributed by atoms with Crippen LogP contribution in [0.2, 0.25) is 0 Å². The van der Waals surface area contributed by atoms with Crippen molar-refractivity contribution in [2.45, 2.75) is 38.6 Å². The SMILES string of the molecule is Cc1nc(NC2CCCC2)cc(=O)[nH]1. The summed E-state index contributed by atoms with van der Waals surface area (Å²) in [6.07, 6.45) is 4.93. The summed E-state index contributed by atoms with van der Waals surface area (Å²) in [6.45, 7) is 1.79. The van der Waals surface area contributed by atoms with Crippen molar-refractivity contribution < 1.29 is 0 Å². The van der Waals surface area contributed by atoms with E-state index >= 15 is 0 Å². The summed E-state index contributed by atoms with van der Waals surface area (Å²) in [5.41, 5.74) is -0.0852. The maximum absolute atomic E-state index is 11.1. The molecule has 0 radical (unpaired) electrons. The van der Waals surface area contributed by atoms with Crippen molar-refractivity contribution >= 4 is 5.82 Å². The average Bonchev–Trinajstić information content (AvgIpc) is 2.54. The molecule has 1 aliphatic rings. The van der Waals surface area contributed by atoms with E-state index in [1.165, 1.54) is 31.7 Å². The van der Waals surface area contributed by atoms with Crippen LogP contribution in [0.3, 0.4) is 0 Å². The summed E-state index contributed by atoms with van der Waals surface area (Å²) < 4.78 is 0. The number of aromatic nitrogens is 2. The Kier molecular flexibility index (Phi) is 2.52.